The number of anilines is 1. The van der Waals surface area contributed by atoms with Gasteiger partial charge < -0.3 is 14.5 Å². The average Bonchev–Trinajstić information content (AvgIpc) is 3.14. The van der Waals surface area contributed by atoms with Crippen molar-refractivity contribution in [2.24, 2.45) is 0 Å². The number of ether oxygens (including phenoxy) is 1. The Bertz CT molecular complexity index is 1010. The van der Waals surface area contributed by atoms with Crippen molar-refractivity contribution in [1.82, 2.24) is 0 Å². The summed E-state index contributed by atoms with van der Waals surface area (Å²) in [7, 11) is 0. The maximum absolute atomic E-state index is 13.0. The summed E-state index contributed by atoms with van der Waals surface area (Å²) >= 11 is 0. The van der Waals surface area contributed by atoms with Gasteiger partial charge in [-0.25, -0.2) is 9.18 Å². The van der Waals surface area contributed by atoms with Gasteiger partial charge in [0.15, 0.2) is 6.10 Å². The number of furan rings is 1. The molecular formula is C22H20FNO4. The number of nitrogens with one attached hydrogen (secondary N) is 1. The highest BCUT2D eigenvalue weighted by Gasteiger charge is 2.22. The van der Waals surface area contributed by atoms with E-state index in [1.54, 1.807) is 24.3 Å². The smallest absolute Gasteiger partial charge is 0.375 e. The first-order valence-electron chi connectivity index (χ1n) is 8.78. The summed E-state index contributed by atoms with van der Waals surface area (Å²) in [6.07, 6.45) is -1.01. The second-order valence-corrected chi connectivity index (χ2v) is 6.53. The number of hydrogen-bond acceptors (Lipinski definition) is 4. The van der Waals surface area contributed by atoms with Crippen LogP contribution in [0.15, 0.2) is 59.0 Å². The molecule has 3 aromatic rings. The molecule has 3 rings (SSSR count). The average molecular weight is 381 g/mol. The Balaban J connectivity index is 1.63. The summed E-state index contributed by atoms with van der Waals surface area (Å²) in [6, 6.07) is 14.4. The fraction of sp³-hybridized carbons (Fsp3) is 0.182. The van der Waals surface area contributed by atoms with Crippen LogP contribution in [0, 0.1) is 19.7 Å². The molecule has 5 nitrogen and oxygen atoms in total. The van der Waals surface area contributed by atoms with Crippen molar-refractivity contribution < 1.29 is 23.1 Å². The van der Waals surface area contributed by atoms with Crippen LogP contribution in [-0.4, -0.2) is 18.0 Å². The topological polar surface area (TPSA) is 68.5 Å². The number of esters is 1. The van der Waals surface area contributed by atoms with E-state index in [4.69, 9.17) is 9.15 Å². The number of amides is 1. The molecule has 6 heteroatoms. The third-order valence-corrected chi connectivity index (χ3v) is 4.23. The molecule has 0 bridgehead atoms. The van der Waals surface area contributed by atoms with Crippen molar-refractivity contribution in [3.63, 3.8) is 0 Å². The van der Waals surface area contributed by atoms with Gasteiger partial charge in [-0.3, -0.25) is 4.79 Å². The highest BCUT2D eigenvalue weighted by Crippen LogP contribution is 2.23. The van der Waals surface area contributed by atoms with Crippen molar-refractivity contribution in [2.45, 2.75) is 26.9 Å². The lowest BCUT2D eigenvalue weighted by Crippen LogP contribution is -2.30. The van der Waals surface area contributed by atoms with Crippen molar-refractivity contribution in [3.05, 3.63) is 77.3 Å². The van der Waals surface area contributed by atoms with Crippen molar-refractivity contribution in [3.8, 4) is 11.3 Å². The number of benzene rings is 2. The van der Waals surface area contributed by atoms with E-state index in [0.717, 1.165) is 11.1 Å². The zero-order valence-corrected chi connectivity index (χ0v) is 15.8. The SMILES string of the molecule is Cc1ccc(NC(=O)[C@H](C)OC(=O)c2ccc(-c3ccc(F)cc3)o2)c(C)c1. The van der Waals surface area contributed by atoms with Crippen LogP contribution in [0.2, 0.25) is 0 Å². The minimum Gasteiger partial charge on any atom is -0.449 e. The lowest BCUT2D eigenvalue weighted by molar-refractivity contribution is -0.123. The number of carbonyl (C=O) groups excluding carboxylic acids is 2. The van der Waals surface area contributed by atoms with Gasteiger partial charge in [0.1, 0.15) is 11.6 Å². The Hall–Kier alpha value is -3.41. The van der Waals surface area contributed by atoms with E-state index in [9.17, 15) is 14.0 Å². The van der Waals surface area contributed by atoms with Crippen molar-refractivity contribution in [1.29, 1.82) is 0 Å². The zero-order chi connectivity index (χ0) is 20.3. The molecule has 0 saturated heterocycles. The lowest BCUT2D eigenvalue weighted by Gasteiger charge is -2.14. The predicted octanol–water partition coefficient (Wildman–Crippen LogP) is 4.89. The second-order valence-electron chi connectivity index (χ2n) is 6.53. The molecule has 0 saturated carbocycles. The van der Waals surface area contributed by atoms with Crippen LogP contribution < -0.4 is 5.32 Å². The Morgan fingerprint density at radius 3 is 2.43 bits per heavy atom. The van der Waals surface area contributed by atoms with Crippen LogP contribution in [0.25, 0.3) is 11.3 Å². The summed E-state index contributed by atoms with van der Waals surface area (Å²) in [6.45, 7) is 5.34. The van der Waals surface area contributed by atoms with Crippen molar-refractivity contribution in [2.75, 3.05) is 5.32 Å². The predicted molar refractivity (Wildman–Crippen MR) is 104 cm³/mol. The molecule has 144 valence electrons. The maximum atomic E-state index is 13.0. The molecule has 1 heterocycles. The van der Waals surface area contributed by atoms with E-state index >= 15 is 0 Å². The van der Waals surface area contributed by atoms with Crippen molar-refractivity contribution >= 4 is 17.6 Å². The van der Waals surface area contributed by atoms with E-state index in [-0.39, 0.29) is 11.6 Å². The van der Waals surface area contributed by atoms with Crippen LogP contribution in [0.3, 0.4) is 0 Å². The van der Waals surface area contributed by atoms with E-state index in [0.29, 0.717) is 17.0 Å². The van der Waals surface area contributed by atoms with Crippen LogP contribution in [0.5, 0.6) is 0 Å². The van der Waals surface area contributed by atoms with Gasteiger partial charge in [0, 0.05) is 11.3 Å². The quantitative estimate of drug-likeness (QED) is 0.639. The van der Waals surface area contributed by atoms with Gasteiger partial charge in [-0.1, -0.05) is 17.7 Å². The molecule has 0 aliphatic carbocycles. The Morgan fingerprint density at radius 2 is 1.75 bits per heavy atom. The van der Waals surface area contributed by atoms with Crippen LogP contribution in [0.4, 0.5) is 10.1 Å². The monoisotopic (exact) mass is 381 g/mol. The second kappa shape index (κ2) is 8.08. The Labute approximate surface area is 162 Å². The summed E-state index contributed by atoms with van der Waals surface area (Å²) in [5, 5.41) is 2.75. The molecular weight excluding hydrogens is 361 g/mol. The third-order valence-electron chi connectivity index (χ3n) is 4.23. The fourth-order valence-corrected chi connectivity index (χ4v) is 2.68. The molecule has 0 unspecified atom stereocenters. The van der Waals surface area contributed by atoms with Gasteiger partial charge >= 0.3 is 5.97 Å². The molecule has 1 amide bonds. The highest BCUT2D eigenvalue weighted by atomic mass is 19.1. The standard InChI is InChI=1S/C22H20FNO4/c1-13-4-9-18(14(2)12-13)24-21(25)15(3)27-22(26)20-11-10-19(28-20)16-5-7-17(23)8-6-16/h4-12,15H,1-3H3,(H,24,25)/t15-/m0/s1. The molecule has 0 aliphatic rings. The minimum absolute atomic E-state index is 0.0366. The normalized spacial score (nSPS) is 11.7. The van der Waals surface area contributed by atoms with Gasteiger partial charge in [-0.15, -0.1) is 0 Å². The van der Waals surface area contributed by atoms with E-state index < -0.39 is 18.0 Å². The van der Waals surface area contributed by atoms with Gasteiger partial charge in [0.05, 0.1) is 0 Å². The molecule has 0 radical (unpaired) electrons. The Kier molecular flexibility index (Phi) is 5.59. The molecule has 1 N–H and O–H groups in total. The molecule has 0 aliphatic heterocycles. The number of halogens is 1. The largest absolute Gasteiger partial charge is 0.449 e. The lowest BCUT2D eigenvalue weighted by atomic mass is 10.1. The van der Waals surface area contributed by atoms with Gasteiger partial charge in [0.25, 0.3) is 5.91 Å². The molecule has 1 aromatic heterocycles. The zero-order valence-electron chi connectivity index (χ0n) is 15.8. The minimum atomic E-state index is -1.01. The van der Waals surface area contributed by atoms with E-state index in [1.165, 1.54) is 25.1 Å². The first-order valence-corrected chi connectivity index (χ1v) is 8.78. The highest BCUT2D eigenvalue weighted by molar-refractivity contribution is 5.97. The van der Waals surface area contributed by atoms with Gasteiger partial charge in [-0.05, 0) is 68.8 Å². The summed E-state index contributed by atoms with van der Waals surface area (Å²) < 4.78 is 23.7. The maximum Gasteiger partial charge on any atom is 0.375 e. The number of rotatable bonds is 5. The van der Waals surface area contributed by atoms with Gasteiger partial charge in [0.2, 0.25) is 5.76 Å². The van der Waals surface area contributed by atoms with Crippen LogP contribution >= 0.6 is 0 Å². The number of aryl methyl sites for hydroxylation is 2. The number of hydrogen-bond donors (Lipinski definition) is 1. The van der Waals surface area contributed by atoms with Gasteiger partial charge in [-0.2, -0.15) is 0 Å². The molecule has 1 atom stereocenters. The van der Waals surface area contributed by atoms with Crippen LogP contribution in [-0.2, 0) is 9.53 Å². The summed E-state index contributed by atoms with van der Waals surface area (Å²) in [5.74, 6) is -1.19. The molecule has 0 fully saturated rings. The van der Waals surface area contributed by atoms with E-state index in [1.807, 2.05) is 26.0 Å². The summed E-state index contributed by atoms with van der Waals surface area (Å²) in [4.78, 5) is 24.6. The Morgan fingerprint density at radius 1 is 1.04 bits per heavy atom. The molecule has 0 spiro atoms. The fourth-order valence-electron chi connectivity index (χ4n) is 2.68. The first kappa shape index (κ1) is 19.4. The molecule has 2 aromatic carbocycles. The summed E-state index contributed by atoms with van der Waals surface area (Å²) in [5.41, 5.74) is 3.29. The van der Waals surface area contributed by atoms with E-state index in [2.05, 4.69) is 5.32 Å². The van der Waals surface area contributed by atoms with Crippen LogP contribution in [0.1, 0.15) is 28.6 Å². The number of carbonyl (C=O) groups is 2. The third kappa shape index (κ3) is 4.46. The molecule has 28 heavy (non-hydrogen) atoms. The first-order chi connectivity index (χ1) is 13.3.